The normalized spacial score (nSPS) is 41.9. The molecule has 37 heavy (non-hydrogen) atoms. The second-order valence-corrected chi connectivity index (χ2v) is 12.4. The maximum Gasteiger partial charge on any atom is 0.289 e. The van der Waals surface area contributed by atoms with Crippen LogP contribution >= 0.6 is 0 Å². The molecule has 5 rings (SSSR count). The van der Waals surface area contributed by atoms with Gasteiger partial charge in [-0.05, 0) is 86.5 Å². The molecule has 3 fully saturated rings. The highest BCUT2D eigenvalue weighted by Gasteiger charge is 2.67. The van der Waals surface area contributed by atoms with Gasteiger partial charge in [0, 0.05) is 31.0 Å². The van der Waals surface area contributed by atoms with Crippen molar-refractivity contribution in [1.82, 2.24) is 4.90 Å². The number of allylic oxidation sites excluding steroid dienone is 1. The number of methoxy groups -OCH3 is 1. The maximum absolute atomic E-state index is 13.4. The van der Waals surface area contributed by atoms with Crippen molar-refractivity contribution in [1.29, 1.82) is 0 Å². The van der Waals surface area contributed by atoms with Gasteiger partial charge in [-0.1, -0.05) is 13.8 Å². The number of furan rings is 1. The van der Waals surface area contributed by atoms with E-state index in [1.54, 1.807) is 30.2 Å². The number of aliphatic hydroxyl groups is 3. The first-order valence-electron chi connectivity index (χ1n) is 13.7. The first kappa shape index (κ1) is 26.6. The van der Waals surface area contributed by atoms with E-state index in [0.29, 0.717) is 26.0 Å². The monoisotopic (exact) mass is 515 g/mol. The van der Waals surface area contributed by atoms with Crippen LogP contribution in [-0.4, -0.2) is 76.0 Å². The van der Waals surface area contributed by atoms with Gasteiger partial charge in [0.05, 0.1) is 30.7 Å². The number of hydrogen-bond donors (Lipinski definition) is 3. The van der Waals surface area contributed by atoms with Gasteiger partial charge in [-0.25, -0.2) is 0 Å². The minimum absolute atomic E-state index is 0.00881. The Balaban J connectivity index is 1.47. The quantitative estimate of drug-likeness (QED) is 0.533. The predicted octanol–water partition coefficient (Wildman–Crippen LogP) is 2.96. The molecule has 9 unspecified atom stereocenters. The van der Waals surface area contributed by atoms with Crippen LogP contribution in [0.3, 0.4) is 0 Å². The van der Waals surface area contributed by atoms with E-state index in [9.17, 15) is 24.9 Å². The molecule has 3 N–H and O–H groups in total. The van der Waals surface area contributed by atoms with Crippen LogP contribution in [0, 0.1) is 28.6 Å². The van der Waals surface area contributed by atoms with Crippen LogP contribution in [0.4, 0.5) is 0 Å². The Morgan fingerprint density at radius 1 is 1.22 bits per heavy atom. The minimum Gasteiger partial charge on any atom is -0.459 e. The summed E-state index contributed by atoms with van der Waals surface area (Å²) in [7, 11) is 1.61. The summed E-state index contributed by atoms with van der Waals surface area (Å²) in [5, 5.41) is 33.3. The van der Waals surface area contributed by atoms with E-state index in [0.717, 1.165) is 24.8 Å². The molecule has 9 atom stereocenters. The van der Waals surface area contributed by atoms with Gasteiger partial charge in [0.15, 0.2) is 11.5 Å². The molecule has 0 spiro atoms. The number of carbonyl (C=O) groups excluding carboxylic acids is 2. The summed E-state index contributed by atoms with van der Waals surface area (Å²) in [5.74, 6) is -0.335. The van der Waals surface area contributed by atoms with E-state index in [1.165, 1.54) is 6.26 Å². The number of ether oxygens (including phenoxy) is 1. The Morgan fingerprint density at radius 2 is 1.97 bits per heavy atom. The molecule has 0 aromatic carbocycles. The number of aliphatic hydroxyl groups excluding tert-OH is 2. The third kappa shape index (κ3) is 3.86. The fraction of sp³-hybridized carbons (Fsp3) is 0.724. The Kier molecular flexibility index (Phi) is 6.71. The molecule has 4 aliphatic rings. The highest BCUT2D eigenvalue weighted by molar-refractivity contribution is 5.95. The lowest BCUT2D eigenvalue weighted by molar-refractivity contribution is -0.153. The van der Waals surface area contributed by atoms with Gasteiger partial charge in [0.25, 0.3) is 5.91 Å². The SMILES string of the molecule is COCCN(C(=O)c1ccco1)C(C)C1CCC2(O)C3=CC(=O)C4CC(O)C(O)CC4(C)C3CCC12C. The van der Waals surface area contributed by atoms with Crippen LogP contribution in [0.25, 0.3) is 0 Å². The fourth-order valence-electron chi connectivity index (χ4n) is 8.62. The average molecular weight is 516 g/mol. The van der Waals surface area contributed by atoms with E-state index in [2.05, 4.69) is 13.8 Å². The number of carbonyl (C=O) groups is 2. The molecule has 3 saturated carbocycles. The van der Waals surface area contributed by atoms with Gasteiger partial charge in [-0.15, -0.1) is 0 Å². The lowest BCUT2D eigenvalue weighted by atomic mass is 9.46. The first-order chi connectivity index (χ1) is 17.5. The van der Waals surface area contributed by atoms with E-state index >= 15 is 0 Å². The van der Waals surface area contributed by atoms with Gasteiger partial charge in [0.2, 0.25) is 0 Å². The molecule has 0 aliphatic heterocycles. The second-order valence-electron chi connectivity index (χ2n) is 12.4. The van der Waals surface area contributed by atoms with Gasteiger partial charge < -0.3 is 29.4 Å². The molecule has 1 aromatic heterocycles. The van der Waals surface area contributed by atoms with E-state index < -0.39 is 28.6 Å². The maximum atomic E-state index is 13.4. The largest absolute Gasteiger partial charge is 0.459 e. The topological polar surface area (TPSA) is 120 Å². The Morgan fingerprint density at radius 3 is 2.65 bits per heavy atom. The van der Waals surface area contributed by atoms with E-state index in [-0.39, 0.29) is 47.7 Å². The van der Waals surface area contributed by atoms with Crippen molar-refractivity contribution in [3.8, 4) is 0 Å². The molecule has 0 radical (unpaired) electrons. The third-order valence-corrected chi connectivity index (χ3v) is 10.8. The van der Waals surface area contributed by atoms with Crippen molar-refractivity contribution in [2.45, 2.75) is 83.1 Å². The lowest BCUT2D eigenvalue weighted by Crippen LogP contribution is -2.61. The van der Waals surface area contributed by atoms with Crippen molar-refractivity contribution in [3.05, 3.63) is 35.8 Å². The van der Waals surface area contributed by atoms with Crippen molar-refractivity contribution < 1.29 is 34.1 Å². The predicted molar refractivity (Wildman–Crippen MR) is 136 cm³/mol. The van der Waals surface area contributed by atoms with Crippen LogP contribution in [0.1, 0.15) is 69.9 Å². The molecular formula is C29H41NO7. The molecule has 0 bridgehead atoms. The van der Waals surface area contributed by atoms with Crippen LogP contribution < -0.4 is 0 Å². The summed E-state index contributed by atoms with van der Waals surface area (Å²) < 4.78 is 10.7. The summed E-state index contributed by atoms with van der Waals surface area (Å²) >= 11 is 0. The van der Waals surface area contributed by atoms with Gasteiger partial charge >= 0.3 is 0 Å². The Bertz CT molecular complexity index is 1070. The number of rotatable bonds is 6. The van der Waals surface area contributed by atoms with Crippen molar-refractivity contribution in [3.63, 3.8) is 0 Å². The Labute approximate surface area is 218 Å². The highest BCUT2D eigenvalue weighted by atomic mass is 16.5. The molecule has 4 aliphatic carbocycles. The highest BCUT2D eigenvalue weighted by Crippen LogP contribution is 2.67. The molecule has 8 nitrogen and oxygen atoms in total. The summed E-state index contributed by atoms with van der Waals surface area (Å²) in [5.41, 5.74) is -1.40. The molecule has 1 aromatic rings. The molecule has 1 amide bonds. The lowest BCUT2D eigenvalue weighted by Gasteiger charge is -2.60. The van der Waals surface area contributed by atoms with Crippen LogP contribution in [0.2, 0.25) is 0 Å². The molecule has 204 valence electrons. The smallest absolute Gasteiger partial charge is 0.289 e. The number of fused-ring (bicyclic) bond motifs is 5. The number of hydrogen-bond acceptors (Lipinski definition) is 7. The summed E-state index contributed by atoms with van der Waals surface area (Å²) in [6.07, 6.45) is 4.80. The molecule has 8 heteroatoms. The summed E-state index contributed by atoms with van der Waals surface area (Å²) in [6.45, 7) is 7.01. The number of amides is 1. The minimum atomic E-state index is -1.17. The van der Waals surface area contributed by atoms with Crippen molar-refractivity contribution in [2.24, 2.45) is 28.6 Å². The Hall–Kier alpha value is -2.00. The summed E-state index contributed by atoms with van der Waals surface area (Å²) in [6, 6.07) is 3.18. The molecular weight excluding hydrogens is 474 g/mol. The second kappa shape index (κ2) is 9.33. The standard InChI is InChI=1S/C29H41NO7/c1-17(30(11-13-36-4)26(34)25-6-5-12-37-25)18-8-10-29(35)20-14-22(31)21-15-23(32)24(33)16-27(21,2)19(20)7-9-28(18,29)3/h5-6,12,14,17-19,21,23-24,32-33,35H,7-11,13,15-16H2,1-4H3. The number of nitrogens with zero attached hydrogens (tertiary/aromatic N) is 1. The zero-order valence-electron chi connectivity index (χ0n) is 22.4. The van der Waals surface area contributed by atoms with Gasteiger partial charge in [-0.3, -0.25) is 9.59 Å². The zero-order valence-corrected chi connectivity index (χ0v) is 22.4. The molecule has 0 saturated heterocycles. The van der Waals surface area contributed by atoms with Gasteiger partial charge in [0.1, 0.15) is 0 Å². The zero-order chi connectivity index (χ0) is 26.8. The van der Waals surface area contributed by atoms with E-state index in [1.807, 2.05) is 6.92 Å². The van der Waals surface area contributed by atoms with Gasteiger partial charge in [-0.2, -0.15) is 0 Å². The van der Waals surface area contributed by atoms with E-state index in [4.69, 9.17) is 9.15 Å². The molecule has 1 heterocycles. The first-order valence-corrected chi connectivity index (χ1v) is 13.7. The number of ketones is 1. The summed E-state index contributed by atoms with van der Waals surface area (Å²) in [4.78, 5) is 28.6. The van der Waals surface area contributed by atoms with Crippen LogP contribution in [0.15, 0.2) is 34.5 Å². The third-order valence-electron chi connectivity index (χ3n) is 10.8. The average Bonchev–Trinajstić information content (AvgIpc) is 3.48. The van der Waals surface area contributed by atoms with Crippen LogP contribution in [0.5, 0.6) is 0 Å². The van der Waals surface area contributed by atoms with Crippen molar-refractivity contribution >= 4 is 11.7 Å². The fourth-order valence-corrected chi connectivity index (χ4v) is 8.62. The van der Waals surface area contributed by atoms with Crippen LogP contribution in [-0.2, 0) is 9.53 Å². The van der Waals surface area contributed by atoms with Crippen molar-refractivity contribution in [2.75, 3.05) is 20.3 Å².